The van der Waals surface area contributed by atoms with E-state index in [1.54, 1.807) is 29.6 Å². The van der Waals surface area contributed by atoms with Crippen LogP contribution < -0.4 is 16.2 Å². The van der Waals surface area contributed by atoms with E-state index in [-0.39, 0.29) is 28.6 Å². The van der Waals surface area contributed by atoms with Gasteiger partial charge in [-0.2, -0.15) is 5.10 Å². The topological polar surface area (TPSA) is 138 Å². The summed E-state index contributed by atoms with van der Waals surface area (Å²) < 4.78 is 15.1. The van der Waals surface area contributed by atoms with Crippen molar-refractivity contribution in [3.8, 4) is 11.4 Å². The van der Waals surface area contributed by atoms with Gasteiger partial charge in [-0.05, 0) is 24.3 Å². The molecule has 34 heavy (non-hydrogen) atoms. The molecule has 0 aliphatic heterocycles. The molecule has 2 heterocycles. The van der Waals surface area contributed by atoms with Crippen molar-refractivity contribution in [1.82, 2.24) is 25.6 Å². The van der Waals surface area contributed by atoms with Gasteiger partial charge in [-0.1, -0.05) is 30.3 Å². The number of hydrogen-bond donors (Lipinski definition) is 4. The smallest absolute Gasteiger partial charge is 0.294 e. The molecule has 12 heteroatoms. The van der Waals surface area contributed by atoms with Crippen LogP contribution in [-0.4, -0.2) is 37.6 Å². The lowest BCUT2D eigenvalue weighted by Gasteiger charge is -2.05. The maximum absolute atomic E-state index is 13.7. The molecule has 0 aliphatic rings. The van der Waals surface area contributed by atoms with Crippen molar-refractivity contribution in [1.29, 1.82) is 0 Å². The zero-order chi connectivity index (χ0) is 24.1. The molecule has 0 atom stereocenters. The number of hydrogen-bond acceptors (Lipinski definition) is 7. The number of nitrogens with zero attached hydrogens (tertiary/aromatic N) is 3. The quantitative estimate of drug-likeness (QED) is 0.313. The molecule has 0 bridgehead atoms. The van der Waals surface area contributed by atoms with Gasteiger partial charge in [-0.3, -0.25) is 30.6 Å². The Kier molecular flexibility index (Phi) is 6.59. The number of amides is 3. The zero-order valence-corrected chi connectivity index (χ0v) is 18.2. The van der Waals surface area contributed by atoms with Crippen LogP contribution in [0.1, 0.15) is 26.5 Å². The SMILES string of the molecule is O=C(Cc1csc(NC(=O)c2ccccc2F)n1)NNC(=O)c1nn(-c2ccccc2)cc1O. The molecule has 4 rings (SSSR count). The number of hydrazine groups is 1. The fourth-order valence-electron chi connectivity index (χ4n) is 2.89. The highest BCUT2D eigenvalue weighted by Gasteiger charge is 2.18. The van der Waals surface area contributed by atoms with Crippen LogP contribution in [0, 0.1) is 5.82 Å². The van der Waals surface area contributed by atoms with E-state index in [2.05, 4.69) is 26.3 Å². The van der Waals surface area contributed by atoms with E-state index in [4.69, 9.17) is 0 Å². The Morgan fingerprint density at radius 2 is 1.74 bits per heavy atom. The Balaban J connectivity index is 1.30. The predicted molar refractivity (Wildman–Crippen MR) is 121 cm³/mol. The number of halogens is 1. The summed E-state index contributed by atoms with van der Waals surface area (Å²) in [6.45, 7) is 0. The first kappa shape index (κ1) is 22.6. The number of thiazole rings is 1. The molecule has 10 nitrogen and oxygen atoms in total. The third-order valence-electron chi connectivity index (χ3n) is 4.48. The molecule has 172 valence electrons. The molecular formula is C22H17FN6O4S. The van der Waals surface area contributed by atoms with Crippen molar-refractivity contribution in [3.05, 3.63) is 88.9 Å². The summed E-state index contributed by atoms with van der Waals surface area (Å²) in [5.41, 5.74) is 4.98. The van der Waals surface area contributed by atoms with E-state index < -0.39 is 23.5 Å². The first-order chi connectivity index (χ1) is 16.4. The normalized spacial score (nSPS) is 10.5. The van der Waals surface area contributed by atoms with Gasteiger partial charge in [0.15, 0.2) is 16.6 Å². The maximum atomic E-state index is 13.7. The largest absolute Gasteiger partial charge is 0.504 e. The minimum Gasteiger partial charge on any atom is -0.504 e. The van der Waals surface area contributed by atoms with Crippen LogP contribution in [0.2, 0.25) is 0 Å². The predicted octanol–water partition coefficient (Wildman–Crippen LogP) is 2.43. The number of para-hydroxylation sites is 1. The fraction of sp³-hybridized carbons (Fsp3) is 0.0455. The number of carbonyl (C=O) groups excluding carboxylic acids is 3. The number of rotatable bonds is 6. The minimum atomic E-state index is -0.809. The molecule has 2 aromatic heterocycles. The van der Waals surface area contributed by atoms with Gasteiger partial charge in [0.25, 0.3) is 11.8 Å². The van der Waals surface area contributed by atoms with Crippen molar-refractivity contribution in [3.63, 3.8) is 0 Å². The first-order valence-corrected chi connectivity index (χ1v) is 10.7. The summed E-state index contributed by atoms with van der Waals surface area (Å²) in [5, 5.41) is 18.3. The van der Waals surface area contributed by atoms with Gasteiger partial charge in [0, 0.05) is 5.38 Å². The lowest BCUT2D eigenvalue weighted by atomic mass is 10.2. The average molecular weight is 480 g/mol. The summed E-state index contributed by atoms with van der Waals surface area (Å²) in [7, 11) is 0. The standard InChI is InChI=1S/C22H17FN6O4S/c23-16-9-5-4-8-15(16)20(32)25-22-24-13(12-34-22)10-18(31)26-27-21(33)19-17(30)11-29(28-19)14-6-2-1-3-7-14/h1-9,11-12,30H,10H2,(H,26,31)(H,27,33)(H,24,25,32). The molecule has 3 amide bonds. The molecule has 0 saturated carbocycles. The molecule has 0 radical (unpaired) electrons. The van der Waals surface area contributed by atoms with Crippen LogP contribution in [0.5, 0.6) is 5.75 Å². The lowest BCUT2D eigenvalue weighted by Crippen LogP contribution is -2.42. The molecule has 4 N–H and O–H groups in total. The summed E-state index contributed by atoms with van der Waals surface area (Å²) >= 11 is 1.07. The van der Waals surface area contributed by atoms with E-state index >= 15 is 0 Å². The summed E-state index contributed by atoms with van der Waals surface area (Å²) in [5.74, 6) is -3.08. The van der Waals surface area contributed by atoms with Crippen LogP contribution in [0.15, 0.2) is 66.2 Å². The van der Waals surface area contributed by atoms with Crippen LogP contribution in [-0.2, 0) is 11.2 Å². The van der Waals surface area contributed by atoms with Gasteiger partial charge in [0.2, 0.25) is 5.91 Å². The van der Waals surface area contributed by atoms with E-state index in [0.717, 1.165) is 11.3 Å². The van der Waals surface area contributed by atoms with Crippen molar-refractivity contribution < 1.29 is 23.9 Å². The number of nitrogens with one attached hydrogen (secondary N) is 3. The third-order valence-corrected chi connectivity index (χ3v) is 5.29. The van der Waals surface area contributed by atoms with Crippen LogP contribution in [0.4, 0.5) is 9.52 Å². The Morgan fingerprint density at radius 1 is 1.00 bits per heavy atom. The summed E-state index contributed by atoms with van der Waals surface area (Å²) in [6.07, 6.45) is 1.08. The second-order valence-electron chi connectivity index (χ2n) is 6.90. The van der Waals surface area contributed by atoms with Gasteiger partial charge < -0.3 is 5.11 Å². The Labute approximate surface area is 196 Å². The van der Waals surface area contributed by atoms with Gasteiger partial charge in [0.1, 0.15) is 5.82 Å². The molecule has 0 aliphatic carbocycles. The van der Waals surface area contributed by atoms with Gasteiger partial charge in [-0.25, -0.2) is 14.1 Å². The number of benzene rings is 2. The molecule has 0 saturated heterocycles. The first-order valence-electron chi connectivity index (χ1n) is 9.84. The summed E-state index contributed by atoms with van der Waals surface area (Å²) in [6, 6.07) is 14.4. The highest BCUT2D eigenvalue weighted by Crippen LogP contribution is 2.19. The van der Waals surface area contributed by atoms with E-state index in [9.17, 15) is 23.9 Å². The minimum absolute atomic E-state index is 0.127. The second-order valence-corrected chi connectivity index (χ2v) is 7.76. The van der Waals surface area contributed by atoms with Crippen molar-refractivity contribution in [2.75, 3.05) is 5.32 Å². The number of carbonyl (C=O) groups is 3. The van der Waals surface area contributed by atoms with Gasteiger partial charge >= 0.3 is 0 Å². The fourth-order valence-corrected chi connectivity index (χ4v) is 3.59. The third kappa shape index (κ3) is 5.24. The van der Waals surface area contributed by atoms with E-state index in [0.29, 0.717) is 11.4 Å². The number of aromatic nitrogens is 3. The highest BCUT2D eigenvalue weighted by molar-refractivity contribution is 7.14. The van der Waals surface area contributed by atoms with Crippen molar-refractivity contribution in [2.45, 2.75) is 6.42 Å². The van der Waals surface area contributed by atoms with E-state index in [1.807, 2.05) is 6.07 Å². The second kappa shape index (κ2) is 9.92. The number of aromatic hydroxyl groups is 1. The van der Waals surface area contributed by atoms with Gasteiger partial charge in [-0.15, -0.1) is 11.3 Å². The van der Waals surface area contributed by atoms with Crippen molar-refractivity contribution in [2.24, 2.45) is 0 Å². The number of anilines is 1. The van der Waals surface area contributed by atoms with E-state index in [1.165, 1.54) is 35.1 Å². The van der Waals surface area contributed by atoms with Crippen LogP contribution in [0.25, 0.3) is 5.69 Å². The van der Waals surface area contributed by atoms with Crippen molar-refractivity contribution >= 4 is 34.2 Å². The Bertz CT molecular complexity index is 1350. The highest BCUT2D eigenvalue weighted by atomic mass is 32.1. The average Bonchev–Trinajstić information content (AvgIpc) is 3.44. The Morgan fingerprint density at radius 3 is 2.50 bits per heavy atom. The molecule has 4 aromatic rings. The monoisotopic (exact) mass is 480 g/mol. The Hall–Kier alpha value is -4.58. The molecule has 0 fully saturated rings. The maximum Gasteiger partial charge on any atom is 0.294 e. The van der Waals surface area contributed by atoms with Gasteiger partial charge in [0.05, 0.1) is 29.6 Å². The zero-order valence-electron chi connectivity index (χ0n) is 17.4. The molecule has 0 unspecified atom stereocenters. The van der Waals surface area contributed by atoms with Crippen LogP contribution in [0.3, 0.4) is 0 Å². The molecule has 0 spiro atoms. The molecule has 2 aromatic carbocycles. The summed E-state index contributed by atoms with van der Waals surface area (Å²) in [4.78, 5) is 40.7. The molecular weight excluding hydrogens is 463 g/mol. The lowest BCUT2D eigenvalue weighted by molar-refractivity contribution is -0.121. The van der Waals surface area contributed by atoms with Crippen LogP contribution >= 0.6 is 11.3 Å².